The molecule has 0 atom stereocenters. The van der Waals surface area contributed by atoms with Crippen molar-refractivity contribution in [3.63, 3.8) is 0 Å². The summed E-state index contributed by atoms with van der Waals surface area (Å²) in [5.74, 6) is -0.337. The molecule has 0 spiro atoms. The molecule has 3 nitrogen and oxygen atoms in total. The molecule has 4 heteroatoms. The van der Waals surface area contributed by atoms with Gasteiger partial charge in [0, 0.05) is 24.5 Å². The van der Waals surface area contributed by atoms with Crippen LogP contribution in [0.1, 0.15) is 11.1 Å². The molecule has 0 radical (unpaired) electrons. The number of para-hydroxylation sites is 1. The third kappa shape index (κ3) is 2.22. The highest BCUT2D eigenvalue weighted by Crippen LogP contribution is 2.21. The lowest BCUT2D eigenvalue weighted by Crippen LogP contribution is -2.01. The Morgan fingerprint density at radius 2 is 2.11 bits per heavy atom. The molecule has 2 aromatic heterocycles. The second-order valence-electron chi connectivity index (χ2n) is 4.47. The molecule has 0 bridgehead atoms. The normalized spacial score (nSPS) is 11.1. The van der Waals surface area contributed by atoms with Crippen LogP contribution in [0.4, 0.5) is 4.39 Å². The highest BCUT2D eigenvalue weighted by molar-refractivity contribution is 5.83. The number of rotatable bonds is 3. The van der Waals surface area contributed by atoms with Gasteiger partial charge in [0.1, 0.15) is 5.82 Å². The maximum atomic E-state index is 13.1. The van der Waals surface area contributed by atoms with Gasteiger partial charge in [0.25, 0.3) is 0 Å². The third-order valence-corrected chi connectivity index (χ3v) is 3.16. The fraction of sp³-hybridized carbons (Fsp3) is 0.133. The molecule has 0 aliphatic rings. The molecule has 0 unspecified atom stereocenters. The van der Waals surface area contributed by atoms with E-state index in [0.717, 1.165) is 22.0 Å². The molecule has 96 valence electrons. The zero-order valence-corrected chi connectivity index (χ0v) is 10.3. The van der Waals surface area contributed by atoms with E-state index in [1.54, 1.807) is 6.20 Å². The van der Waals surface area contributed by atoms with Crippen molar-refractivity contribution in [3.05, 3.63) is 65.9 Å². The fourth-order valence-corrected chi connectivity index (χ4v) is 2.34. The first kappa shape index (κ1) is 11.9. The van der Waals surface area contributed by atoms with E-state index in [4.69, 9.17) is 0 Å². The van der Waals surface area contributed by atoms with Crippen LogP contribution < -0.4 is 0 Å². The minimum Gasteiger partial charge on any atom is -0.392 e. The van der Waals surface area contributed by atoms with E-state index in [9.17, 15) is 9.50 Å². The Labute approximate surface area is 109 Å². The summed E-state index contributed by atoms with van der Waals surface area (Å²) in [6.07, 6.45) is 4.78. The van der Waals surface area contributed by atoms with Gasteiger partial charge in [-0.3, -0.25) is 4.98 Å². The van der Waals surface area contributed by atoms with E-state index in [-0.39, 0.29) is 12.4 Å². The van der Waals surface area contributed by atoms with Gasteiger partial charge in [-0.25, -0.2) is 4.39 Å². The summed E-state index contributed by atoms with van der Waals surface area (Å²) < 4.78 is 15.1. The van der Waals surface area contributed by atoms with Crippen LogP contribution in [0.3, 0.4) is 0 Å². The molecule has 0 aliphatic carbocycles. The number of halogens is 1. The second-order valence-corrected chi connectivity index (χ2v) is 4.47. The molecule has 0 saturated heterocycles. The number of pyridine rings is 1. The Morgan fingerprint density at radius 3 is 2.89 bits per heavy atom. The van der Waals surface area contributed by atoms with E-state index >= 15 is 0 Å². The van der Waals surface area contributed by atoms with Crippen molar-refractivity contribution < 1.29 is 9.50 Å². The second kappa shape index (κ2) is 4.82. The Kier molecular flexibility index (Phi) is 3.01. The average molecular weight is 256 g/mol. The molecular weight excluding hydrogens is 243 g/mol. The van der Waals surface area contributed by atoms with E-state index in [1.165, 1.54) is 12.3 Å². The summed E-state index contributed by atoms with van der Waals surface area (Å²) in [6, 6.07) is 9.26. The number of aliphatic hydroxyl groups excluding tert-OH is 1. The van der Waals surface area contributed by atoms with Crippen molar-refractivity contribution in [2.75, 3.05) is 0 Å². The summed E-state index contributed by atoms with van der Waals surface area (Å²) in [4.78, 5) is 3.85. The quantitative estimate of drug-likeness (QED) is 0.782. The number of fused-ring (bicyclic) bond motifs is 1. The molecule has 0 aliphatic heterocycles. The predicted molar refractivity (Wildman–Crippen MR) is 71.2 cm³/mol. The summed E-state index contributed by atoms with van der Waals surface area (Å²) >= 11 is 0. The van der Waals surface area contributed by atoms with Crippen molar-refractivity contribution in [2.45, 2.75) is 13.2 Å². The van der Waals surface area contributed by atoms with Crippen molar-refractivity contribution in [2.24, 2.45) is 0 Å². The van der Waals surface area contributed by atoms with Gasteiger partial charge in [-0.15, -0.1) is 0 Å². The van der Waals surface area contributed by atoms with Gasteiger partial charge in [-0.1, -0.05) is 18.2 Å². The molecule has 0 amide bonds. The van der Waals surface area contributed by atoms with Gasteiger partial charge in [-0.05, 0) is 23.1 Å². The van der Waals surface area contributed by atoms with Crippen LogP contribution in [0.25, 0.3) is 10.9 Å². The standard InChI is InChI=1S/C15H13FN2O/c16-14-6-11(7-17-8-14)9-18-5-4-12-2-1-3-13(10-19)15(12)18/h1-8,19H,9-10H2. The van der Waals surface area contributed by atoms with E-state index < -0.39 is 0 Å². The molecule has 1 N–H and O–H groups in total. The Hall–Kier alpha value is -2.20. The van der Waals surface area contributed by atoms with E-state index in [0.29, 0.717) is 6.54 Å². The van der Waals surface area contributed by atoms with Crippen LogP contribution >= 0.6 is 0 Å². The lowest BCUT2D eigenvalue weighted by atomic mass is 10.1. The minimum absolute atomic E-state index is 0.0112. The number of hydrogen-bond donors (Lipinski definition) is 1. The summed E-state index contributed by atoms with van der Waals surface area (Å²) in [5, 5.41) is 10.5. The van der Waals surface area contributed by atoms with Crippen molar-refractivity contribution in [1.29, 1.82) is 0 Å². The Balaban J connectivity index is 2.06. The van der Waals surface area contributed by atoms with Gasteiger partial charge in [0.15, 0.2) is 0 Å². The lowest BCUT2D eigenvalue weighted by Gasteiger charge is -2.08. The number of aliphatic hydroxyl groups is 1. The zero-order valence-electron chi connectivity index (χ0n) is 10.3. The molecule has 19 heavy (non-hydrogen) atoms. The van der Waals surface area contributed by atoms with Crippen LogP contribution in [0.15, 0.2) is 48.9 Å². The number of hydrogen-bond acceptors (Lipinski definition) is 2. The Morgan fingerprint density at radius 1 is 1.21 bits per heavy atom. The van der Waals surface area contributed by atoms with Gasteiger partial charge in [0.2, 0.25) is 0 Å². The predicted octanol–water partition coefficient (Wildman–Crippen LogP) is 2.72. The molecule has 2 heterocycles. The summed E-state index contributed by atoms with van der Waals surface area (Å²) in [5.41, 5.74) is 2.64. The monoisotopic (exact) mass is 256 g/mol. The third-order valence-electron chi connectivity index (χ3n) is 3.16. The fourth-order valence-electron chi connectivity index (χ4n) is 2.34. The van der Waals surface area contributed by atoms with Crippen LogP contribution in [0.2, 0.25) is 0 Å². The van der Waals surface area contributed by atoms with Crippen molar-refractivity contribution in [1.82, 2.24) is 9.55 Å². The topological polar surface area (TPSA) is 38.0 Å². The van der Waals surface area contributed by atoms with Crippen molar-refractivity contribution >= 4 is 10.9 Å². The maximum absolute atomic E-state index is 13.1. The SMILES string of the molecule is OCc1cccc2ccn(Cc3cncc(F)c3)c12. The number of benzene rings is 1. The van der Waals surface area contributed by atoms with Crippen LogP contribution in [0.5, 0.6) is 0 Å². The molecule has 1 aromatic carbocycles. The number of nitrogens with zero attached hydrogens (tertiary/aromatic N) is 2. The van der Waals surface area contributed by atoms with Gasteiger partial charge in [-0.2, -0.15) is 0 Å². The largest absolute Gasteiger partial charge is 0.392 e. The van der Waals surface area contributed by atoms with Gasteiger partial charge in [0.05, 0.1) is 18.3 Å². The van der Waals surface area contributed by atoms with Crippen molar-refractivity contribution in [3.8, 4) is 0 Å². The molecule has 3 aromatic rings. The maximum Gasteiger partial charge on any atom is 0.141 e. The lowest BCUT2D eigenvalue weighted by molar-refractivity contribution is 0.283. The number of aromatic nitrogens is 2. The zero-order chi connectivity index (χ0) is 13.2. The molecule has 3 rings (SSSR count). The summed E-state index contributed by atoms with van der Waals surface area (Å²) in [7, 11) is 0. The first-order chi connectivity index (χ1) is 9.28. The van der Waals surface area contributed by atoms with Crippen LogP contribution in [0, 0.1) is 5.82 Å². The average Bonchev–Trinajstić information content (AvgIpc) is 2.82. The molecule has 0 fully saturated rings. The summed E-state index contributed by atoms with van der Waals surface area (Å²) in [6.45, 7) is 0.522. The first-order valence-corrected chi connectivity index (χ1v) is 6.05. The van der Waals surface area contributed by atoms with Gasteiger partial charge >= 0.3 is 0 Å². The van der Waals surface area contributed by atoms with Crippen LogP contribution in [-0.2, 0) is 13.2 Å². The smallest absolute Gasteiger partial charge is 0.141 e. The van der Waals surface area contributed by atoms with E-state index in [1.807, 2.05) is 35.0 Å². The Bertz CT molecular complexity index is 721. The first-order valence-electron chi connectivity index (χ1n) is 6.05. The minimum atomic E-state index is -0.337. The molecular formula is C15H13FN2O. The van der Waals surface area contributed by atoms with Gasteiger partial charge < -0.3 is 9.67 Å². The van der Waals surface area contributed by atoms with Crippen LogP contribution in [-0.4, -0.2) is 14.7 Å². The highest BCUT2D eigenvalue weighted by Gasteiger charge is 2.06. The highest BCUT2D eigenvalue weighted by atomic mass is 19.1. The molecule has 0 saturated carbocycles. The van der Waals surface area contributed by atoms with E-state index in [2.05, 4.69) is 4.98 Å².